The Balaban J connectivity index is 2.66. The summed E-state index contributed by atoms with van der Waals surface area (Å²) in [5, 5.41) is 11.4. The van der Waals surface area contributed by atoms with Crippen molar-refractivity contribution < 1.29 is 37.4 Å². The van der Waals surface area contributed by atoms with E-state index in [9.17, 15) is 27.9 Å². The molecule has 144 valence electrons. The summed E-state index contributed by atoms with van der Waals surface area (Å²) in [7, 11) is -2.15. The third kappa shape index (κ3) is 3.46. The van der Waals surface area contributed by atoms with Crippen LogP contribution < -0.4 is 5.11 Å². The molecule has 1 aromatic heterocycles. The number of ether oxygens (including phenoxy) is 2. The van der Waals surface area contributed by atoms with Gasteiger partial charge < -0.3 is 19.4 Å². The molecule has 1 saturated heterocycles. The second kappa shape index (κ2) is 7.72. The van der Waals surface area contributed by atoms with Crippen LogP contribution in [0.3, 0.4) is 0 Å². The first-order valence-electron chi connectivity index (χ1n) is 7.69. The topological polar surface area (TPSA) is 130 Å². The van der Waals surface area contributed by atoms with Gasteiger partial charge in [0.2, 0.25) is 0 Å². The van der Waals surface area contributed by atoms with Crippen LogP contribution in [0.4, 0.5) is 0 Å². The molecule has 0 unspecified atom stereocenters. The minimum Gasteiger partial charge on any atom is -0.548 e. The number of hydrogen-bond acceptors (Lipinski definition) is 9. The molecule has 0 amide bonds. The number of piperidine rings is 1. The van der Waals surface area contributed by atoms with Gasteiger partial charge in [-0.25, -0.2) is 18.0 Å². The fourth-order valence-electron chi connectivity index (χ4n) is 2.83. The summed E-state index contributed by atoms with van der Waals surface area (Å²) >= 11 is 0.559. The van der Waals surface area contributed by atoms with Crippen LogP contribution in [0.25, 0.3) is 0 Å². The third-order valence-corrected chi connectivity index (χ3v) is 7.82. The molecular weight excluding hydrogens is 386 g/mol. The zero-order chi connectivity index (χ0) is 19.6. The smallest absolute Gasteiger partial charge is 0.348 e. The molecule has 1 fully saturated rings. The van der Waals surface area contributed by atoms with Gasteiger partial charge in [-0.1, -0.05) is 6.42 Å². The highest BCUT2D eigenvalue weighted by atomic mass is 32.2. The van der Waals surface area contributed by atoms with E-state index in [-0.39, 0.29) is 29.0 Å². The predicted molar refractivity (Wildman–Crippen MR) is 88.3 cm³/mol. The van der Waals surface area contributed by atoms with E-state index in [4.69, 9.17) is 0 Å². The highest BCUT2D eigenvalue weighted by Gasteiger charge is 2.40. The summed E-state index contributed by atoms with van der Waals surface area (Å²) in [4.78, 5) is 35.4. The van der Waals surface area contributed by atoms with Crippen molar-refractivity contribution in [1.29, 1.82) is 0 Å². The van der Waals surface area contributed by atoms with Crippen molar-refractivity contribution in [2.24, 2.45) is 0 Å². The van der Waals surface area contributed by atoms with E-state index in [1.807, 2.05) is 0 Å². The van der Waals surface area contributed by atoms with Crippen LogP contribution >= 0.6 is 11.3 Å². The van der Waals surface area contributed by atoms with Gasteiger partial charge in [-0.15, -0.1) is 11.3 Å². The normalized spacial score (nSPS) is 18.3. The lowest BCUT2D eigenvalue weighted by Gasteiger charge is -2.34. The number of carbonyl (C=O) groups is 3. The highest BCUT2D eigenvalue weighted by molar-refractivity contribution is 7.91. The largest absolute Gasteiger partial charge is 0.548 e. The molecule has 1 atom stereocenters. The minimum atomic E-state index is -4.36. The second-order valence-corrected chi connectivity index (χ2v) is 8.75. The molecule has 1 aromatic rings. The number of thiophene rings is 1. The summed E-state index contributed by atoms with van der Waals surface area (Å²) in [6.07, 6.45) is 1.14. The first-order valence-corrected chi connectivity index (χ1v) is 9.95. The summed E-state index contributed by atoms with van der Waals surface area (Å²) in [5.41, 5.74) is -0.185. The van der Waals surface area contributed by atoms with Crippen LogP contribution in [-0.4, -0.2) is 57.4 Å². The number of nitrogens with zero attached hydrogens (tertiary/aromatic N) is 1. The zero-order valence-electron chi connectivity index (χ0n) is 14.4. The molecule has 1 aliphatic heterocycles. The minimum absolute atomic E-state index is 0.0217. The molecular formula is C15H18NO8S2-. The van der Waals surface area contributed by atoms with Crippen molar-refractivity contribution in [2.75, 3.05) is 20.8 Å². The van der Waals surface area contributed by atoms with Gasteiger partial charge in [-0.2, -0.15) is 4.31 Å². The van der Waals surface area contributed by atoms with E-state index in [2.05, 4.69) is 9.47 Å². The van der Waals surface area contributed by atoms with Gasteiger partial charge in [0.1, 0.15) is 4.88 Å². The lowest BCUT2D eigenvalue weighted by molar-refractivity contribution is -0.311. The molecule has 9 nitrogen and oxygen atoms in total. The van der Waals surface area contributed by atoms with Gasteiger partial charge in [0.15, 0.2) is 4.21 Å². The zero-order valence-corrected chi connectivity index (χ0v) is 16.1. The number of carboxylic acid groups (broad SMARTS) is 1. The van der Waals surface area contributed by atoms with Crippen molar-refractivity contribution in [3.8, 4) is 0 Å². The molecule has 0 aliphatic carbocycles. The Morgan fingerprint density at radius 1 is 1.15 bits per heavy atom. The third-order valence-electron chi connectivity index (χ3n) is 4.14. The molecule has 0 N–H and O–H groups in total. The Labute approximate surface area is 154 Å². The standard InChI is InChI=1S/C15H19NO8S2/c1-8-10(13(19)23-2)15(25-11(8)14(20)24-3)26(21,22)16-7-5-4-6-9(16)12(17)18/h9H,4-7H2,1-3H3,(H,17,18)/p-1/t9-/m0/s1. The van der Waals surface area contributed by atoms with Crippen LogP contribution in [0, 0.1) is 6.92 Å². The average molecular weight is 404 g/mol. The van der Waals surface area contributed by atoms with Gasteiger partial charge in [-0.3, -0.25) is 0 Å². The number of carbonyl (C=O) groups excluding carboxylic acids is 3. The number of carboxylic acids is 1. The number of esters is 2. The van der Waals surface area contributed by atoms with Crippen LogP contribution in [0.1, 0.15) is 44.9 Å². The number of methoxy groups -OCH3 is 2. The van der Waals surface area contributed by atoms with Crippen LogP contribution in [0.2, 0.25) is 0 Å². The fraction of sp³-hybridized carbons (Fsp3) is 0.533. The van der Waals surface area contributed by atoms with Crippen LogP contribution in [-0.2, 0) is 24.3 Å². The van der Waals surface area contributed by atoms with Crippen molar-refractivity contribution in [2.45, 2.75) is 36.4 Å². The van der Waals surface area contributed by atoms with Crippen molar-refractivity contribution in [1.82, 2.24) is 4.31 Å². The molecule has 0 radical (unpaired) electrons. The predicted octanol–water partition coefficient (Wildman–Crippen LogP) is -0.0772. The molecule has 26 heavy (non-hydrogen) atoms. The molecule has 0 saturated carbocycles. The van der Waals surface area contributed by atoms with Crippen molar-refractivity contribution >= 4 is 39.3 Å². The summed E-state index contributed by atoms with van der Waals surface area (Å²) in [6.45, 7) is 1.38. The van der Waals surface area contributed by atoms with Crippen molar-refractivity contribution in [3.63, 3.8) is 0 Å². The van der Waals surface area contributed by atoms with Gasteiger partial charge in [0.25, 0.3) is 10.0 Å². The molecule has 0 bridgehead atoms. The fourth-order valence-corrected chi connectivity index (χ4v) is 6.34. The Hall–Kier alpha value is -1.98. The SMILES string of the molecule is COC(=O)c1sc(S(=O)(=O)N2CCCC[C@H]2C(=O)[O-])c(C(=O)OC)c1C. The van der Waals surface area contributed by atoms with Gasteiger partial charge >= 0.3 is 11.9 Å². The maximum atomic E-state index is 13.1. The lowest BCUT2D eigenvalue weighted by atomic mass is 10.1. The first-order chi connectivity index (χ1) is 12.2. The summed E-state index contributed by atoms with van der Waals surface area (Å²) in [6, 6.07) is -1.33. The average Bonchev–Trinajstić information content (AvgIpc) is 2.98. The first kappa shape index (κ1) is 20.3. The molecule has 11 heteroatoms. The second-order valence-electron chi connectivity index (χ2n) is 5.65. The lowest BCUT2D eigenvalue weighted by Crippen LogP contribution is -2.52. The molecule has 2 rings (SSSR count). The van der Waals surface area contributed by atoms with Gasteiger partial charge in [0, 0.05) is 6.54 Å². The van der Waals surface area contributed by atoms with Crippen LogP contribution in [0.15, 0.2) is 4.21 Å². The summed E-state index contributed by atoms with van der Waals surface area (Å²) in [5.74, 6) is -3.24. The van der Waals surface area contributed by atoms with Gasteiger partial charge in [-0.05, 0) is 25.3 Å². The number of aliphatic carboxylic acids is 1. The van der Waals surface area contributed by atoms with E-state index in [1.54, 1.807) is 0 Å². The highest BCUT2D eigenvalue weighted by Crippen LogP contribution is 2.36. The maximum Gasteiger partial charge on any atom is 0.348 e. The van der Waals surface area contributed by atoms with E-state index in [0.29, 0.717) is 24.2 Å². The Morgan fingerprint density at radius 3 is 2.31 bits per heavy atom. The monoisotopic (exact) mass is 404 g/mol. The van der Waals surface area contributed by atoms with E-state index >= 15 is 0 Å². The number of sulfonamides is 1. The summed E-state index contributed by atoms with van der Waals surface area (Å²) < 4.78 is 35.9. The Kier molecular flexibility index (Phi) is 6.04. The number of hydrogen-bond donors (Lipinski definition) is 0. The van der Waals surface area contributed by atoms with Crippen LogP contribution in [0.5, 0.6) is 0 Å². The molecule has 2 heterocycles. The Morgan fingerprint density at radius 2 is 1.77 bits per heavy atom. The molecule has 0 aromatic carbocycles. The molecule has 1 aliphatic rings. The Bertz CT molecular complexity index is 842. The van der Waals surface area contributed by atoms with E-state index in [0.717, 1.165) is 18.5 Å². The van der Waals surface area contributed by atoms with Crippen molar-refractivity contribution in [3.05, 3.63) is 16.0 Å². The van der Waals surface area contributed by atoms with E-state index < -0.39 is 38.2 Å². The quantitative estimate of drug-likeness (QED) is 0.623. The van der Waals surface area contributed by atoms with E-state index in [1.165, 1.54) is 6.92 Å². The number of rotatable bonds is 5. The van der Waals surface area contributed by atoms with Gasteiger partial charge in [0.05, 0.1) is 31.8 Å². The molecule has 0 spiro atoms. The maximum absolute atomic E-state index is 13.1.